The van der Waals surface area contributed by atoms with Crippen LogP contribution in [0.4, 0.5) is 0 Å². The molecular formula is C22H20N6O4. The van der Waals surface area contributed by atoms with Crippen LogP contribution in [0.3, 0.4) is 0 Å². The van der Waals surface area contributed by atoms with Gasteiger partial charge in [0.2, 0.25) is 11.8 Å². The molecule has 0 radical (unpaired) electrons. The number of hydrogen-bond acceptors (Lipinski definition) is 6. The summed E-state index contributed by atoms with van der Waals surface area (Å²) in [5.74, 6) is -0.855. The Kier molecular flexibility index (Phi) is 4.69. The molecular weight excluding hydrogens is 412 g/mol. The van der Waals surface area contributed by atoms with Gasteiger partial charge in [0.15, 0.2) is 11.5 Å². The van der Waals surface area contributed by atoms with Crippen LogP contribution in [0.5, 0.6) is 0 Å². The number of nitrogens with zero attached hydrogens (tertiary/aromatic N) is 4. The lowest BCUT2D eigenvalue weighted by molar-refractivity contribution is -0.136. The number of nitrogens with one attached hydrogen (secondary N) is 2. The van der Waals surface area contributed by atoms with E-state index >= 15 is 0 Å². The SMILES string of the molecule is Cc1ccc2nnc(CNC(=O)c3ccc4c(c3)C(=O)N(C3CCC(=O)NC3=O)C4)n2c1. The number of piperidine rings is 1. The van der Waals surface area contributed by atoms with E-state index in [-0.39, 0.29) is 37.2 Å². The zero-order chi connectivity index (χ0) is 22.4. The third kappa shape index (κ3) is 3.39. The highest BCUT2D eigenvalue weighted by molar-refractivity contribution is 6.06. The Balaban J connectivity index is 1.30. The lowest BCUT2D eigenvalue weighted by atomic mass is 10.0. The van der Waals surface area contributed by atoms with Gasteiger partial charge in [-0.05, 0) is 42.7 Å². The summed E-state index contributed by atoms with van der Waals surface area (Å²) in [7, 11) is 0. The van der Waals surface area contributed by atoms with E-state index in [1.165, 1.54) is 4.90 Å². The van der Waals surface area contributed by atoms with E-state index in [4.69, 9.17) is 0 Å². The molecule has 3 aromatic rings. The molecule has 0 bridgehead atoms. The van der Waals surface area contributed by atoms with E-state index in [0.717, 1.165) is 11.1 Å². The lowest BCUT2D eigenvalue weighted by Gasteiger charge is -2.29. The van der Waals surface area contributed by atoms with Crippen molar-refractivity contribution in [3.63, 3.8) is 0 Å². The van der Waals surface area contributed by atoms with Crippen molar-refractivity contribution < 1.29 is 19.2 Å². The summed E-state index contributed by atoms with van der Waals surface area (Å²) < 4.78 is 1.82. The maximum atomic E-state index is 12.9. The number of rotatable bonds is 4. The lowest BCUT2D eigenvalue weighted by Crippen LogP contribution is -2.52. The molecule has 2 aliphatic heterocycles. The molecule has 4 amide bonds. The van der Waals surface area contributed by atoms with Crippen LogP contribution in [0.15, 0.2) is 36.5 Å². The number of aromatic nitrogens is 3. The van der Waals surface area contributed by atoms with Gasteiger partial charge in [0.1, 0.15) is 6.04 Å². The standard InChI is InChI=1S/C22H20N6O4/c1-12-2-6-17-25-26-18(28(17)10-12)9-23-20(30)13-3-4-14-11-27(22(32)15(14)8-13)16-5-7-19(29)24-21(16)31/h2-4,6,8,10,16H,5,7,9,11H2,1H3,(H,23,30)(H,24,29,31). The molecule has 32 heavy (non-hydrogen) atoms. The summed E-state index contributed by atoms with van der Waals surface area (Å²) in [6, 6.07) is 8.03. The minimum absolute atomic E-state index is 0.177. The second kappa shape index (κ2) is 7.56. The van der Waals surface area contributed by atoms with Crippen molar-refractivity contribution in [3.8, 4) is 0 Å². The van der Waals surface area contributed by atoms with Crippen LogP contribution < -0.4 is 10.6 Å². The molecule has 10 nitrogen and oxygen atoms in total. The molecule has 2 aromatic heterocycles. The Morgan fingerprint density at radius 2 is 2.03 bits per heavy atom. The topological polar surface area (TPSA) is 126 Å². The van der Waals surface area contributed by atoms with Gasteiger partial charge in [-0.3, -0.25) is 28.9 Å². The predicted molar refractivity (Wildman–Crippen MR) is 111 cm³/mol. The molecule has 1 unspecified atom stereocenters. The summed E-state index contributed by atoms with van der Waals surface area (Å²) in [6.07, 6.45) is 2.39. The van der Waals surface area contributed by atoms with Gasteiger partial charge in [-0.15, -0.1) is 10.2 Å². The largest absolute Gasteiger partial charge is 0.345 e. The summed E-state index contributed by atoms with van der Waals surface area (Å²) in [5, 5.41) is 13.3. The summed E-state index contributed by atoms with van der Waals surface area (Å²) in [5.41, 5.74) is 3.22. The number of benzene rings is 1. The van der Waals surface area contributed by atoms with Crippen LogP contribution in [0, 0.1) is 6.92 Å². The number of fused-ring (bicyclic) bond motifs is 2. The molecule has 5 rings (SSSR count). The van der Waals surface area contributed by atoms with Gasteiger partial charge in [-0.2, -0.15) is 0 Å². The van der Waals surface area contributed by atoms with E-state index in [1.807, 2.05) is 29.7 Å². The van der Waals surface area contributed by atoms with E-state index < -0.39 is 11.9 Å². The van der Waals surface area contributed by atoms with Crippen LogP contribution in [0.1, 0.15) is 50.5 Å². The van der Waals surface area contributed by atoms with Crippen molar-refractivity contribution in [2.24, 2.45) is 0 Å². The molecule has 1 fully saturated rings. The molecule has 2 aliphatic rings. The Bertz CT molecular complexity index is 1300. The zero-order valence-electron chi connectivity index (χ0n) is 17.3. The van der Waals surface area contributed by atoms with E-state index in [1.54, 1.807) is 18.2 Å². The van der Waals surface area contributed by atoms with Gasteiger partial charge in [0.25, 0.3) is 11.8 Å². The van der Waals surface area contributed by atoms with Crippen LogP contribution in [-0.2, 0) is 22.7 Å². The van der Waals surface area contributed by atoms with Crippen LogP contribution in [0.25, 0.3) is 5.65 Å². The normalized spacial score (nSPS) is 18.1. The Morgan fingerprint density at radius 1 is 1.19 bits per heavy atom. The molecule has 1 aromatic carbocycles. The maximum absolute atomic E-state index is 12.9. The first kappa shape index (κ1) is 19.9. The van der Waals surface area contributed by atoms with Crippen LogP contribution in [0.2, 0.25) is 0 Å². The van der Waals surface area contributed by atoms with Crippen molar-refractivity contribution in [2.75, 3.05) is 0 Å². The van der Waals surface area contributed by atoms with E-state index in [9.17, 15) is 19.2 Å². The Morgan fingerprint density at radius 3 is 2.84 bits per heavy atom. The van der Waals surface area contributed by atoms with Gasteiger partial charge in [-0.25, -0.2) is 0 Å². The van der Waals surface area contributed by atoms with Gasteiger partial charge >= 0.3 is 0 Å². The van der Waals surface area contributed by atoms with Gasteiger partial charge in [-0.1, -0.05) is 12.1 Å². The number of carbonyl (C=O) groups excluding carboxylic acids is 4. The fourth-order valence-corrected chi connectivity index (χ4v) is 4.12. The first-order valence-corrected chi connectivity index (χ1v) is 10.3. The highest BCUT2D eigenvalue weighted by Gasteiger charge is 2.39. The number of hydrogen-bond donors (Lipinski definition) is 2. The number of carbonyl (C=O) groups is 4. The van der Waals surface area contributed by atoms with Gasteiger partial charge in [0, 0.05) is 30.3 Å². The number of pyridine rings is 1. The van der Waals surface area contributed by atoms with Crippen molar-refractivity contribution in [1.29, 1.82) is 0 Å². The summed E-state index contributed by atoms with van der Waals surface area (Å²) in [6.45, 7) is 2.41. The quantitative estimate of drug-likeness (QED) is 0.586. The fraction of sp³-hybridized carbons (Fsp3) is 0.273. The number of imide groups is 1. The first-order chi connectivity index (χ1) is 15.4. The van der Waals surface area contributed by atoms with Crippen molar-refractivity contribution in [1.82, 2.24) is 30.1 Å². The molecule has 162 valence electrons. The fourth-order valence-electron chi connectivity index (χ4n) is 4.12. The van der Waals surface area contributed by atoms with E-state index in [2.05, 4.69) is 20.8 Å². The molecule has 1 saturated heterocycles. The summed E-state index contributed by atoms with van der Waals surface area (Å²) >= 11 is 0. The van der Waals surface area contributed by atoms with Crippen molar-refractivity contribution in [2.45, 2.75) is 38.9 Å². The monoisotopic (exact) mass is 432 g/mol. The molecule has 4 heterocycles. The molecule has 0 spiro atoms. The van der Waals surface area contributed by atoms with Crippen molar-refractivity contribution in [3.05, 3.63) is 64.6 Å². The highest BCUT2D eigenvalue weighted by atomic mass is 16.2. The number of aryl methyl sites for hydroxylation is 1. The third-order valence-electron chi connectivity index (χ3n) is 5.82. The second-order valence-electron chi connectivity index (χ2n) is 8.01. The summed E-state index contributed by atoms with van der Waals surface area (Å²) in [4.78, 5) is 50.7. The molecule has 10 heteroatoms. The van der Waals surface area contributed by atoms with Crippen LogP contribution >= 0.6 is 0 Å². The predicted octanol–water partition coefficient (Wildman–Crippen LogP) is 0.729. The van der Waals surface area contributed by atoms with Crippen molar-refractivity contribution >= 4 is 29.3 Å². The first-order valence-electron chi connectivity index (χ1n) is 10.3. The van der Waals surface area contributed by atoms with Crippen LogP contribution in [-0.4, -0.2) is 49.2 Å². The minimum Gasteiger partial charge on any atom is -0.345 e. The Labute approximate surface area is 182 Å². The second-order valence-corrected chi connectivity index (χ2v) is 8.01. The Hall–Kier alpha value is -4.08. The minimum atomic E-state index is -0.686. The van der Waals surface area contributed by atoms with Gasteiger partial charge in [0.05, 0.1) is 6.54 Å². The molecule has 2 N–H and O–H groups in total. The molecule has 1 atom stereocenters. The third-order valence-corrected chi connectivity index (χ3v) is 5.82. The average Bonchev–Trinajstić information content (AvgIpc) is 3.32. The number of amides is 4. The van der Waals surface area contributed by atoms with Gasteiger partial charge < -0.3 is 10.2 Å². The highest BCUT2D eigenvalue weighted by Crippen LogP contribution is 2.28. The maximum Gasteiger partial charge on any atom is 0.255 e. The molecule has 0 aliphatic carbocycles. The molecule has 0 saturated carbocycles. The average molecular weight is 432 g/mol. The smallest absolute Gasteiger partial charge is 0.255 e. The van der Waals surface area contributed by atoms with E-state index in [0.29, 0.717) is 29.0 Å². The zero-order valence-corrected chi connectivity index (χ0v) is 17.3.